The molecule has 0 aromatic carbocycles. The van der Waals surface area contributed by atoms with Gasteiger partial charge in [-0.2, -0.15) is 4.98 Å². The van der Waals surface area contributed by atoms with Crippen molar-refractivity contribution in [1.29, 1.82) is 0 Å². The zero-order valence-electron chi connectivity index (χ0n) is 7.92. The second kappa shape index (κ2) is 2.73. The lowest BCUT2D eigenvalue weighted by Gasteiger charge is -2.28. The molecule has 1 atom stereocenters. The molecule has 1 aromatic heterocycles. The van der Waals surface area contributed by atoms with Gasteiger partial charge in [0.25, 0.3) is 0 Å². The van der Waals surface area contributed by atoms with Crippen LogP contribution in [0.1, 0.15) is 12.1 Å². The first-order chi connectivity index (χ1) is 6.74. The van der Waals surface area contributed by atoms with Crippen LogP contribution in [0.5, 0.6) is 0 Å². The van der Waals surface area contributed by atoms with Crippen LogP contribution < -0.4 is 10.2 Å². The SMILES string of the molecule is Cc1nc(Cl)nc2c1N1CCC(C1)N2. The minimum absolute atomic E-state index is 0.330. The summed E-state index contributed by atoms with van der Waals surface area (Å²) in [6.45, 7) is 4.14. The number of nitrogens with zero attached hydrogens (tertiary/aromatic N) is 3. The van der Waals surface area contributed by atoms with Crippen LogP contribution >= 0.6 is 11.6 Å². The predicted octanol–water partition coefficient (Wildman–Crippen LogP) is 1.44. The molecule has 2 aliphatic rings. The van der Waals surface area contributed by atoms with E-state index in [4.69, 9.17) is 11.6 Å². The Hall–Kier alpha value is -1.03. The predicted molar refractivity (Wildman–Crippen MR) is 56.0 cm³/mol. The molecule has 2 bridgehead atoms. The third kappa shape index (κ3) is 1.07. The first-order valence-electron chi connectivity index (χ1n) is 4.79. The van der Waals surface area contributed by atoms with E-state index in [0.29, 0.717) is 11.3 Å². The molecule has 3 heterocycles. The quantitative estimate of drug-likeness (QED) is 0.658. The number of fused-ring (bicyclic) bond motifs is 4. The number of halogens is 1. The maximum atomic E-state index is 5.82. The maximum Gasteiger partial charge on any atom is 0.224 e. The molecule has 3 rings (SSSR count). The molecule has 0 radical (unpaired) electrons. The highest BCUT2D eigenvalue weighted by Gasteiger charge is 2.32. The molecule has 74 valence electrons. The zero-order chi connectivity index (χ0) is 9.71. The fraction of sp³-hybridized carbons (Fsp3) is 0.556. The molecule has 1 fully saturated rings. The Morgan fingerprint density at radius 1 is 1.50 bits per heavy atom. The molecular formula is C9H11ClN4. The highest BCUT2D eigenvalue weighted by molar-refractivity contribution is 6.28. The number of anilines is 2. The first kappa shape index (κ1) is 8.29. The molecule has 0 spiro atoms. The van der Waals surface area contributed by atoms with Crippen LogP contribution in [0.15, 0.2) is 0 Å². The van der Waals surface area contributed by atoms with Crippen LogP contribution in [0.3, 0.4) is 0 Å². The Bertz CT molecular complexity index is 393. The van der Waals surface area contributed by atoms with Crippen molar-refractivity contribution in [2.75, 3.05) is 23.3 Å². The lowest BCUT2D eigenvalue weighted by molar-refractivity contribution is 0.783. The van der Waals surface area contributed by atoms with Gasteiger partial charge in [-0.25, -0.2) is 4.98 Å². The Morgan fingerprint density at radius 2 is 2.36 bits per heavy atom. The van der Waals surface area contributed by atoms with E-state index in [1.165, 1.54) is 6.42 Å². The van der Waals surface area contributed by atoms with Gasteiger partial charge in [-0.1, -0.05) is 0 Å². The van der Waals surface area contributed by atoms with Crippen molar-refractivity contribution in [2.24, 2.45) is 0 Å². The van der Waals surface area contributed by atoms with Crippen molar-refractivity contribution in [1.82, 2.24) is 9.97 Å². The zero-order valence-corrected chi connectivity index (χ0v) is 8.67. The monoisotopic (exact) mass is 210 g/mol. The van der Waals surface area contributed by atoms with Crippen LogP contribution in [-0.2, 0) is 0 Å². The van der Waals surface area contributed by atoms with Gasteiger partial charge in [0.15, 0.2) is 5.82 Å². The Kier molecular flexibility index (Phi) is 1.62. The van der Waals surface area contributed by atoms with E-state index in [-0.39, 0.29) is 0 Å². The van der Waals surface area contributed by atoms with Crippen molar-refractivity contribution >= 4 is 23.1 Å². The van der Waals surface area contributed by atoms with Crippen molar-refractivity contribution < 1.29 is 0 Å². The largest absolute Gasteiger partial charge is 0.365 e. The van der Waals surface area contributed by atoms with Crippen molar-refractivity contribution in [3.63, 3.8) is 0 Å². The molecule has 4 nitrogen and oxygen atoms in total. The average molecular weight is 211 g/mol. The Labute approximate surface area is 87.3 Å². The van der Waals surface area contributed by atoms with Crippen molar-refractivity contribution in [3.8, 4) is 0 Å². The molecule has 1 aromatic rings. The summed E-state index contributed by atoms with van der Waals surface area (Å²) < 4.78 is 0. The van der Waals surface area contributed by atoms with Gasteiger partial charge >= 0.3 is 0 Å². The van der Waals surface area contributed by atoms with Crippen molar-refractivity contribution in [3.05, 3.63) is 11.0 Å². The van der Waals surface area contributed by atoms with Gasteiger partial charge in [-0.15, -0.1) is 0 Å². The second-order valence-corrected chi connectivity index (χ2v) is 4.19. The summed E-state index contributed by atoms with van der Waals surface area (Å²) in [6.07, 6.45) is 1.17. The number of hydrogen-bond acceptors (Lipinski definition) is 4. The lowest BCUT2D eigenvalue weighted by Crippen LogP contribution is -2.33. The summed E-state index contributed by atoms with van der Waals surface area (Å²) in [7, 11) is 0. The fourth-order valence-corrected chi connectivity index (χ4v) is 2.50. The third-order valence-corrected chi connectivity index (χ3v) is 3.05. The number of rotatable bonds is 0. The van der Waals surface area contributed by atoms with E-state index in [2.05, 4.69) is 20.2 Å². The van der Waals surface area contributed by atoms with E-state index in [0.717, 1.165) is 30.3 Å². The lowest BCUT2D eigenvalue weighted by atomic mass is 10.2. The number of nitrogens with one attached hydrogen (secondary N) is 1. The molecule has 2 aliphatic heterocycles. The number of hydrogen-bond donors (Lipinski definition) is 1. The Balaban J connectivity index is 2.18. The minimum atomic E-state index is 0.330. The summed E-state index contributed by atoms with van der Waals surface area (Å²) in [4.78, 5) is 10.7. The van der Waals surface area contributed by atoms with Crippen molar-refractivity contribution in [2.45, 2.75) is 19.4 Å². The molecule has 14 heavy (non-hydrogen) atoms. The second-order valence-electron chi connectivity index (χ2n) is 3.85. The molecular weight excluding hydrogens is 200 g/mol. The first-order valence-corrected chi connectivity index (χ1v) is 5.17. The summed E-state index contributed by atoms with van der Waals surface area (Å²) in [5.41, 5.74) is 2.09. The summed E-state index contributed by atoms with van der Waals surface area (Å²) in [5, 5.41) is 3.72. The van der Waals surface area contributed by atoms with Crippen LogP contribution in [0.4, 0.5) is 11.5 Å². The van der Waals surface area contributed by atoms with E-state index in [1.54, 1.807) is 0 Å². The van der Waals surface area contributed by atoms with E-state index < -0.39 is 0 Å². The van der Waals surface area contributed by atoms with Crippen LogP contribution in [0, 0.1) is 6.92 Å². The smallest absolute Gasteiger partial charge is 0.224 e. The van der Waals surface area contributed by atoms with Gasteiger partial charge in [0.1, 0.15) is 5.69 Å². The molecule has 0 amide bonds. The molecule has 0 aliphatic carbocycles. The summed E-state index contributed by atoms with van der Waals surface area (Å²) >= 11 is 5.82. The Morgan fingerprint density at radius 3 is 3.21 bits per heavy atom. The molecule has 1 unspecified atom stereocenters. The van der Waals surface area contributed by atoms with Gasteiger partial charge in [-0.3, -0.25) is 0 Å². The topological polar surface area (TPSA) is 41.1 Å². The standard InChI is InChI=1S/C9H11ClN4/c1-5-7-8(13-9(10)11-5)12-6-2-3-14(7)4-6/h6H,2-4H2,1H3,(H,11,12,13). The van der Waals surface area contributed by atoms with Gasteiger partial charge in [0.2, 0.25) is 5.28 Å². The maximum absolute atomic E-state index is 5.82. The van der Waals surface area contributed by atoms with Gasteiger partial charge in [-0.05, 0) is 24.9 Å². The van der Waals surface area contributed by atoms with Crippen LogP contribution in [0.25, 0.3) is 0 Å². The van der Waals surface area contributed by atoms with Crippen LogP contribution in [-0.4, -0.2) is 29.1 Å². The molecule has 0 saturated carbocycles. The van der Waals surface area contributed by atoms with Gasteiger partial charge in [0.05, 0.1) is 5.69 Å². The van der Waals surface area contributed by atoms with E-state index in [1.807, 2.05) is 6.92 Å². The van der Waals surface area contributed by atoms with E-state index >= 15 is 0 Å². The third-order valence-electron chi connectivity index (χ3n) is 2.88. The molecule has 5 heteroatoms. The van der Waals surface area contributed by atoms with Gasteiger partial charge < -0.3 is 10.2 Å². The molecule has 1 N–H and O–H groups in total. The fourth-order valence-electron chi connectivity index (χ4n) is 2.29. The normalized spacial score (nSPS) is 23.3. The number of aromatic nitrogens is 2. The van der Waals surface area contributed by atoms with Crippen LogP contribution in [0.2, 0.25) is 5.28 Å². The van der Waals surface area contributed by atoms with Gasteiger partial charge in [0, 0.05) is 19.1 Å². The summed E-state index contributed by atoms with van der Waals surface area (Å²) in [5.74, 6) is 0.899. The highest BCUT2D eigenvalue weighted by Crippen LogP contribution is 2.36. The summed E-state index contributed by atoms with van der Waals surface area (Å²) in [6, 6.07) is 0.535. The highest BCUT2D eigenvalue weighted by atomic mass is 35.5. The average Bonchev–Trinajstić information content (AvgIpc) is 2.46. The molecule has 1 saturated heterocycles. The minimum Gasteiger partial charge on any atom is -0.365 e. The number of aryl methyl sites for hydroxylation is 1. The van der Waals surface area contributed by atoms with E-state index in [9.17, 15) is 0 Å².